The van der Waals surface area contributed by atoms with Gasteiger partial charge in [0.1, 0.15) is 21.7 Å². The van der Waals surface area contributed by atoms with Crippen LogP contribution in [0.4, 0.5) is 0 Å². The van der Waals surface area contributed by atoms with Crippen LogP contribution in [0.3, 0.4) is 0 Å². The Kier molecular flexibility index (Phi) is 7.09. The molecule has 1 aliphatic heterocycles. The summed E-state index contributed by atoms with van der Waals surface area (Å²) in [7, 11) is 0. The number of nitrogens with one attached hydrogen (secondary N) is 2. The molecule has 156 valence electrons. The fraction of sp³-hybridized carbons (Fsp3) is 0.476. The number of aliphatic imine (C=N–C) groups is 1. The summed E-state index contributed by atoms with van der Waals surface area (Å²) in [6.07, 6.45) is 0.902. The normalized spacial score (nSPS) is 16.7. The summed E-state index contributed by atoms with van der Waals surface area (Å²) >= 11 is 1.36. The van der Waals surface area contributed by atoms with Crippen LogP contribution >= 0.6 is 11.3 Å². The minimum atomic E-state index is -0.320. The van der Waals surface area contributed by atoms with Gasteiger partial charge in [-0.25, -0.2) is 14.8 Å². The van der Waals surface area contributed by atoms with Gasteiger partial charge >= 0.3 is 5.97 Å². The molecule has 2 N–H and O–H groups in total. The average molecular weight is 417 g/mol. The van der Waals surface area contributed by atoms with E-state index in [4.69, 9.17) is 14.5 Å². The first kappa shape index (κ1) is 21.1. The third-order valence-corrected chi connectivity index (χ3v) is 5.83. The third kappa shape index (κ3) is 5.26. The Bertz CT molecular complexity index is 856. The van der Waals surface area contributed by atoms with Crippen molar-refractivity contribution in [1.82, 2.24) is 15.6 Å². The molecule has 0 amide bonds. The number of carbonyl (C=O) groups is 1. The molecular weight excluding hydrogens is 388 g/mol. The van der Waals surface area contributed by atoms with Crippen LogP contribution in [0.5, 0.6) is 5.75 Å². The van der Waals surface area contributed by atoms with E-state index in [1.54, 1.807) is 6.92 Å². The molecule has 7 nitrogen and oxygen atoms in total. The molecule has 0 bridgehead atoms. The Labute approximate surface area is 175 Å². The van der Waals surface area contributed by atoms with Gasteiger partial charge in [0.25, 0.3) is 0 Å². The highest BCUT2D eigenvalue weighted by Crippen LogP contribution is 2.28. The number of hydrogen-bond acceptors (Lipinski definition) is 6. The fourth-order valence-corrected chi connectivity index (χ4v) is 4.09. The van der Waals surface area contributed by atoms with E-state index in [0.29, 0.717) is 29.7 Å². The highest BCUT2D eigenvalue weighted by atomic mass is 32.1. The minimum Gasteiger partial charge on any atom is -0.488 e. The van der Waals surface area contributed by atoms with Crippen LogP contribution in [-0.4, -0.2) is 42.7 Å². The topological polar surface area (TPSA) is 84.8 Å². The van der Waals surface area contributed by atoms with Crippen molar-refractivity contribution in [3.63, 3.8) is 0 Å². The maximum absolute atomic E-state index is 12.0. The summed E-state index contributed by atoms with van der Waals surface area (Å²) in [5, 5.41) is 7.45. The lowest BCUT2D eigenvalue weighted by molar-refractivity contribution is 0.0531. The summed E-state index contributed by atoms with van der Waals surface area (Å²) < 4.78 is 11.1. The number of esters is 1. The van der Waals surface area contributed by atoms with Gasteiger partial charge in [0.2, 0.25) is 0 Å². The predicted octanol–water partition coefficient (Wildman–Crippen LogP) is 3.25. The lowest BCUT2D eigenvalue weighted by atomic mass is 10.1. The quantitative estimate of drug-likeness (QED) is 0.409. The largest absolute Gasteiger partial charge is 0.488 e. The van der Waals surface area contributed by atoms with Gasteiger partial charge in [-0.3, -0.25) is 0 Å². The Morgan fingerprint density at radius 2 is 2.21 bits per heavy atom. The Hall–Kier alpha value is -2.61. The van der Waals surface area contributed by atoms with Crippen LogP contribution in [0.1, 0.15) is 52.7 Å². The SMILES string of the molecule is CCNC(=NCC1Cc2ccccc2O1)NC(C)c1nc(C)c(C(=O)OCC)s1. The van der Waals surface area contributed by atoms with Crippen LogP contribution in [0.25, 0.3) is 0 Å². The minimum absolute atomic E-state index is 0.0377. The summed E-state index contributed by atoms with van der Waals surface area (Å²) in [4.78, 5) is 21.8. The van der Waals surface area contributed by atoms with Gasteiger partial charge in [0.05, 0.1) is 24.9 Å². The van der Waals surface area contributed by atoms with Crippen molar-refractivity contribution in [1.29, 1.82) is 0 Å². The summed E-state index contributed by atoms with van der Waals surface area (Å²) in [6.45, 7) is 9.30. The van der Waals surface area contributed by atoms with Crippen LogP contribution in [0.2, 0.25) is 0 Å². The number of aromatic nitrogens is 1. The summed E-state index contributed by atoms with van der Waals surface area (Å²) in [5.74, 6) is 1.33. The lowest BCUT2D eigenvalue weighted by Gasteiger charge is -2.17. The van der Waals surface area contributed by atoms with Crippen molar-refractivity contribution in [2.45, 2.75) is 46.3 Å². The van der Waals surface area contributed by atoms with Gasteiger partial charge in [-0.15, -0.1) is 11.3 Å². The Morgan fingerprint density at radius 1 is 1.41 bits per heavy atom. The number of para-hydroxylation sites is 1. The molecule has 0 fully saturated rings. The van der Waals surface area contributed by atoms with Crippen LogP contribution < -0.4 is 15.4 Å². The van der Waals surface area contributed by atoms with E-state index in [1.807, 2.05) is 39.0 Å². The van der Waals surface area contributed by atoms with Crippen LogP contribution in [0, 0.1) is 6.92 Å². The molecular formula is C21H28N4O3S. The molecule has 0 aliphatic carbocycles. The van der Waals surface area contributed by atoms with E-state index in [9.17, 15) is 4.79 Å². The smallest absolute Gasteiger partial charge is 0.350 e. The fourth-order valence-electron chi connectivity index (χ4n) is 3.12. The molecule has 2 aromatic rings. The van der Waals surface area contributed by atoms with Crippen molar-refractivity contribution in [2.24, 2.45) is 4.99 Å². The van der Waals surface area contributed by atoms with E-state index in [-0.39, 0.29) is 18.1 Å². The van der Waals surface area contributed by atoms with Gasteiger partial charge in [-0.05, 0) is 39.3 Å². The maximum Gasteiger partial charge on any atom is 0.350 e. The molecule has 0 radical (unpaired) electrons. The zero-order valence-electron chi connectivity index (χ0n) is 17.3. The second-order valence-corrected chi connectivity index (χ2v) is 7.86. The number of rotatable bonds is 7. The second kappa shape index (κ2) is 9.73. The number of thiazole rings is 1. The lowest BCUT2D eigenvalue weighted by Crippen LogP contribution is -2.39. The Balaban J connectivity index is 1.63. The average Bonchev–Trinajstić information content (AvgIpc) is 3.29. The first-order valence-electron chi connectivity index (χ1n) is 9.95. The highest BCUT2D eigenvalue weighted by molar-refractivity contribution is 7.13. The molecule has 3 rings (SSSR count). The molecule has 29 heavy (non-hydrogen) atoms. The van der Waals surface area contributed by atoms with E-state index in [2.05, 4.69) is 21.7 Å². The number of benzene rings is 1. The van der Waals surface area contributed by atoms with Gasteiger partial charge in [0, 0.05) is 13.0 Å². The van der Waals surface area contributed by atoms with Gasteiger partial charge in [-0.2, -0.15) is 0 Å². The van der Waals surface area contributed by atoms with Crippen LogP contribution in [-0.2, 0) is 11.2 Å². The van der Waals surface area contributed by atoms with Crippen molar-refractivity contribution in [3.8, 4) is 5.75 Å². The molecule has 0 spiro atoms. The molecule has 1 aromatic carbocycles. The number of aryl methyl sites for hydroxylation is 1. The first-order valence-corrected chi connectivity index (χ1v) is 10.8. The second-order valence-electron chi connectivity index (χ2n) is 6.82. The maximum atomic E-state index is 12.0. The Morgan fingerprint density at radius 3 is 2.93 bits per heavy atom. The van der Waals surface area contributed by atoms with Gasteiger partial charge in [-0.1, -0.05) is 18.2 Å². The van der Waals surface area contributed by atoms with Crippen molar-refractivity contribution < 1.29 is 14.3 Å². The zero-order chi connectivity index (χ0) is 20.8. The molecule has 2 atom stereocenters. The predicted molar refractivity (Wildman–Crippen MR) is 115 cm³/mol. The summed E-state index contributed by atoms with van der Waals surface area (Å²) in [6, 6.07) is 8.01. The summed E-state index contributed by atoms with van der Waals surface area (Å²) in [5.41, 5.74) is 1.92. The number of hydrogen-bond donors (Lipinski definition) is 2. The molecule has 2 heterocycles. The number of carbonyl (C=O) groups excluding carboxylic acids is 1. The molecule has 1 aromatic heterocycles. The standard InChI is InChI=1S/C21H28N4O3S/c1-5-22-21(23-12-16-11-15-9-7-8-10-17(15)28-16)25-14(4)19-24-13(3)18(29-19)20(26)27-6-2/h7-10,14,16H,5-6,11-12H2,1-4H3,(H2,22,23,25). The first-order chi connectivity index (χ1) is 14.0. The van der Waals surface area contributed by atoms with Gasteiger partial charge < -0.3 is 20.1 Å². The van der Waals surface area contributed by atoms with E-state index in [0.717, 1.165) is 23.7 Å². The number of nitrogens with zero attached hydrogens (tertiary/aromatic N) is 2. The van der Waals surface area contributed by atoms with E-state index < -0.39 is 0 Å². The molecule has 2 unspecified atom stereocenters. The van der Waals surface area contributed by atoms with E-state index >= 15 is 0 Å². The van der Waals surface area contributed by atoms with Crippen molar-refractivity contribution in [2.75, 3.05) is 19.7 Å². The number of fused-ring (bicyclic) bond motifs is 1. The van der Waals surface area contributed by atoms with Crippen LogP contribution in [0.15, 0.2) is 29.3 Å². The van der Waals surface area contributed by atoms with E-state index in [1.165, 1.54) is 16.9 Å². The molecule has 1 aliphatic rings. The highest BCUT2D eigenvalue weighted by Gasteiger charge is 2.23. The monoisotopic (exact) mass is 416 g/mol. The molecule has 0 saturated carbocycles. The third-order valence-electron chi connectivity index (χ3n) is 4.51. The van der Waals surface area contributed by atoms with Gasteiger partial charge in [0.15, 0.2) is 5.96 Å². The van der Waals surface area contributed by atoms with Crippen molar-refractivity contribution in [3.05, 3.63) is 45.4 Å². The van der Waals surface area contributed by atoms with Crippen molar-refractivity contribution >= 4 is 23.3 Å². The molecule has 0 saturated heterocycles. The number of ether oxygens (including phenoxy) is 2. The molecule has 8 heteroatoms. The zero-order valence-corrected chi connectivity index (χ0v) is 18.1. The number of guanidine groups is 1.